The van der Waals surface area contributed by atoms with Crippen molar-refractivity contribution in [2.24, 2.45) is 0 Å². The normalized spacial score (nSPS) is 13.2. The van der Waals surface area contributed by atoms with E-state index in [9.17, 15) is 14.4 Å². The summed E-state index contributed by atoms with van der Waals surface area (Å²) in [6, 6.07) is 3.45. The molecule has 1 aliphatic rings. The molecular weight excluding hydrogens is 394 g/mol. The Labute approximate surface area is 170 Å². The number of nitrogens with one attached hydrogen (secondary N) is 1. The molecule has 0 saturated heterocycles. The minimum Gasteiger partial charge on any atom is -0.464 e. The molecule has 0 bridgehead atoms. The lowest BCUT2D eigenvalue weighted by molar-refractivity contribution is 0.0528. The summed E-state index contributed by atoms with van der Waals surface area (Å²) in [5, 5.41) is 4.81. The van der Waals surface area contributed by atoms with E-state index < -0.39 is 11.9 Å². The number of anilines is 1. The molecule has 0 unspecified atom stereocenters. The van der Waals surface area contributed by atoms with Gasteiger partial charge in [0.15, 0.2) is 11.5 Å². The van der Waals surface area contributed by atoms with Crippen molar-refractivity contribution in [2.45, 2.75) is 33.1 Å². The zero-order chi connectivity index (χ0) is 20.5. The highest BCUT2D eigenvalue weighted by molar-refractivity contribution is 7.15. The molecule has 29 heavy (non-hydrogen) atoms. The van der Waals surface area contributed by atoms with Crippen LogP contribution in [0, 0.1) is 6.92 Å². The first-order chi connectivity index (χ1) is 14.0. The number of fused-ring (bicyclic) bond motifs is 1. The van der Waals surface area contributed by atoms with E-state index in [0.717, 1.165) is 0 Å². The molecule has 3 heterocycles. The highest BCUT2D eigenvalue weighted by Gasteiger charge is 2.30. The van der Waals surface area contributed by atoms with Crippen molar-refractivity contribution in [1.29, 1.82) is 0 Å². The fourth-order valence-corrected chi connectivity index (χ4v) is 4.43. The average Bonchev–Trinajstić information content (AvgIpc) is 3.41. The summed E-state index contributed by atoms with van der Waals surface area (Å²) in [4.78, 5) is 37.6. The van der Waals surface area contributed by atoms with Crippen molar-refractivity contribution in [2.75, 3.05) is 11.9 Å². The number of carbonyl (C=O) groups is 3. The lowest BCUT2D eigenvalue weighted by atomic mass is 9.94. The van der Waals surface area contributed by atoms with Crippen LogP contribution in [-0.4, -0.2) is 24.3 Å². The zero-order valence-electron chi connectivity index (χ0n) is 16.0. The van der Waals surface area contributed by atoms with Gasteiger partial charge in [-0.3, -0.25) is 9.59 Å². The Balaban J connectivity index is 1.69. The molecule has 0 radical (unpaired) electrons. The summed E-state index contributed by atoms with van der Waals surface area (Å²) in [5.74, 6) is 0.0733. The first kappa shape index (κ1) is 19.2. The Morgan fingerprint density at radius 2 is 2.14 bits per heavy atom. The topological polar surface area (TPSA) is 98.8 Å². The van der Waals surface area contributed by atoms with Gasteiger partial charge in [-0.1, -0.05) is 0 Å². The van der Waals surface area contributed by atoms with Crippen LogP contribution in [0.2, 0.25) is 0 Å². The fraction of sp³-hybridized carbons (Fsp3) is 0.286. The smallest absolute Gasteiger partial charge is 0.341 e. The van der Waals surface area contributed by atoms with Crippen LogP contribution in [0.4, 0.5) is 5.00 Å². The number of esters is 1. The molecule has 1 aliphatic carbocycles. The number of thiophene rings is 1. The Morgan fingerprint density at radius 3 is 2.83 bits per heavy atom. The minimum atomic E-state index is -0.555. The van der Waals surface area contributed by atoms with E-state index in [0.29, 0.717) is 52.5 Å². The van der Waals surface area contributed by atoms with Crippen LogP contribution >= 0.6 is 11.3 Å². The lowest BCUT2D eigenvalue weighted by Gasteiger charge is -2.07. The van der Waals surface area contributed by atoms with Crippen LogP contribution < -0.4 is 5.32 Å². The third kappa shape index (κ3) is 3.40. The predicted octanol–water partition coefficient (Wildman–Crippen LogP) is 4.86. The maximum atomic E-state index is 12.9. The average molecular weight is 413 g/mol. The molecule has 0 aliphatic heterocycles. The molecule has 0 aromatic carbocycles. The molecule has 1 N–H and O–H groups in total. The molecule has 0 fully saturated rings. The number of rotatable bonds is 5. The molecule has 8 heteroatoms. The van der Waals surface area contributed by atoms with E-state index in [-0.39, 0.29) is 23.7 Å². The highest BCUT2D eigenvalue weighted by Crippen LogP contribution is 2.37. The molecule has 0 spiro atoms. The van der Waals surface area contributed by atoms with Crippen molar-refractivity contribution >= 4 is 34.0 Å². The van der Waals surface area contributed by atoms with E-state index in [1.807, 2.05) is 0 Å². The summed E-state index contributed by atoms with van der Waals surface area (Å²) in [6.45, 7) is 3.62. The Bertz CT molecular complexity index is 1090. The van der Waals surface area contributed by atoms with Crippen molar-refractivity contribution in [1.82, 2.24) is 0 Å². The second-order valence-electron chi connectivity index (χ2n) is 6.64. The fourth-order valence-electron chi connectivity index (χ4n) is 3.49. The minimum absolute atomic E-state index is 0.00464. The number of aryl methyl sites for hydroxylation is 1. The molecule has 4 rings (SSSR count). The summed E-state index contributed by atoms with van der Waals surface area (Å²) in [5.41, 5.74) is 1.81. The van der Waals surface area contributed by atoms with Crippen molar-refractivity contribution in [3.8, 4) is 11.3 Å². The number of ether oxygens (including phenoxy) is 1. The van der Waals surface area contributed by atoms with Gasteiger partial charge in [0.1, 0.15) is 22.1 Å². The zero-order valence-corrected chi connectivity index (χ0v) is 16.8. The third-order valence-corrected chi connectivity index (χ3v) is 5.69. The summed E-state index contributed by atoms with van der Waals surface area (Å²) in [6.07, 6.45) is 3.31. The summed E-state index contributed by atoms with van der Waals surface area (Å²) < 4.78 is 16.3. The van der Waals surface area contributed by atoms with Crippen LogP contribution in [0.3, 0.4) is 0 Å². The lowest BCUT2D eigenvalue weighted by Crippen LogP contribution is -2.15. The van der Waals surface area contributed by atoms with Gasteiger partial charge < -0.3 is 18.9 Å². The number of furan rings is 2. The molecule has 1 amide bonds. The van der Waals surface area contributed by atoms with E-state index in [1.165, 1.54) is 17.6 Å². The second kappa shape index (κ2) is 7.71. The van der Waals surface area contributed by atoms with Gasteiger partial charge in [-0.05, 0) is 32.4 Å². The number of Topliss-reactive ketones (excluding diaryl/α,β-unsaturated/α-hetero) is 1. The van der Waals surface area contributed by atoms with Crippen LogP contribution in [0.1, 0.15) is 62.4 Å². The number of ketones is 1. The van der Waals surface area contributed by atoms with Crippen molar-refractivity contribution in [3.63, 3.8) is 0 Å². The molecule has 0 atom stereocenters. The molecular formula is C21H19NO6S. The van der Waals surface area contributed by atoms with E-state index in [2.05, 4.69) is 5.32 Å². The van der Waals surface area contributed by atoms with Gasteiger partial charge in [0.05, 0.1) is 18.4 Å². The van der Waals surface area contributed by atoms with Gasteiger partial charge in [-0.15, -0.1) is 11.3 Å². The van der Waals surface area contributed by atoms with Crippen LogP contribution in [0.5, 0.6) is 0 Å². The largest absolute Gasteiger partial charge is 0.464 e. The Hall–Kier alpha value is -3.13. The third-order valence-electron chi connectivity index (χ3n) is 4.80. The van der Waals surface area contributed by atoms with Crippen LogP contribution in [0.25, 0.3) is 11.3 Å². The van der Waals surface area contributed by atoms with Gasteiger partial charge in [0, 0.05) is 29.3 Å². The molecule has 150 valence electrons. The van der Waals surface area contributed by atoms with Gasteiger partial charge in [0.25, 0.3) is 5.91 Å². The first-order valence-electron chi connectivity index (χ1n) is 9.30. The number of hydrogen-bond donors (Lipinski definition) is 1. The van der Waals surface area contributed by atoms with Gasteiger partial charge in [-0.25, -0.2) is 4.79 Å². The SMILES string of the molecule is CCOC(=O)c1c(-c2ccco2)csc1NC(=O)c1oc2c(c1C)C(=O)CCC2. The van der Waals surface area contributed by atoms with Gasteiger partial charge in [-0.2, -0.15) is 0 Å². The molecule has 3 aromatic heterocycles. The van der Waals surface area contributed by atoms with E-state index in [4.69, 9.17) is 13.6 Å². The van der Waals surface area contributed by atoms with E-state index >= 15 is 0 Å². The van der Waals surface area contributed by atoms with Crippen molar-refractivity contribution < 1.29 is 28.0 Å². The molecule has 3 aromatic rings. The van der Waals surface area contributed by atoms with Crippen LogP contribution in [-0.2, 0) is 11.2 Å². The quantitative estimate of drug-likeness (QED) is 0.600. The highest BCUT2D eigenvalue weighted by atomic mass is 32.1. The predicted molar refractivity (Wildman–Crippen MR) is 107 cm³/mol. The standard InChI is InChI=1S/C21H19NO6S/c1-3-26-21(25)17-12(14-8-5-9-27-14)10-29-20(17)22-19(24)18-11(2)16-13(23)6-4-7-15(16)28-18/h5,8-10H,3-4,6-7H2,1-2H3,(H,22,24). The van der Waals surface area contributed by atoms with Gasteiger partial charge in [0.2, 0.25) is 0 Å². The van der Waals surface area contributed by atoms with Gasteiger partial charge >= 0.3 is 5.97 Å². The second-order valence-corrected chi connectivity index (χ2v) is 7.52. The number of amides is 1. The maximum absolute atomic E-state index is 12.9. The van der Waals surface area contributed by atoms with Crippen LogP contribution in [0.15, 0.2) is 32.6 Å². The maximum Gasteiger partial charge on any atom is 0.341 e. The molecule has 7 nitrogen and oxygen atoms in total. The summed E-state index contributed by atoms with van der Waals surface area (Å²) >= 11 is 1.19. The first-order valence-corrected chi connectivity index (χ1v) is 10.2. The number of hydrogen-bond acceptors (Lipinski definition) is 7. The number of carbonyl (C=O) groups excluding carboxylic acids is 3. The summed E-state index contributed by atoms with van der Waals surface area (Å²) in [7, 11) is 0. The molecule has 0 saturated carbocycles. The monoisotopic (exact) mass is 413 g/mol. The Kier molecular flexibility index (Phi) is 5.10. The van der Waals surface area contributed by atoms with Crippen molar-refractivity contribution in [3.05, 3.63) is 52.0 Å². The Morgan fingerprint density at radius 1 is 1.31 bits per heavy atom. The van der Waals surface area contributed by atoms with E-state index in [1.54, 1.807) is 31.4 Å².